The van der Waals surface area contributed by atoms with Gasteiger partial charge in [-0.2, -0.15) is 0 Å². The number of amides is 2. The van der Waals surface area contributed by atoms with Gasteiger partial charge in [-0.25, -0.2) is 9.59 Å². The van der Waals surface area contributed by atoms with Crippen LogP contribution in [0.25, 0.3) is 0 Å². The number of carboxylic acids is 1. The Balaban J connectivity index is 2.53. The van der Waals surface area contributed by atoms with Crippen LogP contribution in [0.5, 0.6) is 0 Å². The number of hydrogen-bond acceptors (Lipinski definition) is 3. The summed E-state index contributed by atoms with van der Waals surface area (Å²) in [7, 11) is 0. The minimum Gasteiger partial charge on any atom is -0.479 e. The summed E-state index contributed by atoms with van der Waals surface area (Å²) in [5, 5.41) is 12.3. The molecule has 0 spiro atoms. The maximum Gasteiger partial charge on any atom is 0.329 e. The van der Waals surface area contributed by atoms with E-state index in [1.54, 1.807) is 0 Å². The van der Waals surface area contributed by atoms with E-state index < -0.39 is 11.5 Å². The maximum absolute atomic E-state index is 12.3. The van der Waals surface area contributed by atoms with Crippen LogP contribution in [0.4, 0.5) is 4.79 Å². The summed E-state index contributed by atoms with van der Waals surface area (Å²) in [6, 6.07) is -0.246. The van der Waals surface area contributed by atoms with Crippen molar-refractivity contribution in [2.45, 2.75) is 52.0 Å². The van der Waals surface area contributed by atoms with Gasteiger partial charge < -0.3 is 20.2 Å². The smallest absolute Gasteiger partial charge is 0.329 e. The molecule has 1 aliphatic rings. The molecule has 1 fully saturated rings. The average molecular weight is 299 g/mol. The van der Waals surface area contributed by atoms with Gasteiger partial charge in [-0.1, -0.05) is 20.8 Å². The number of nitrogens with one attached hydrogen (secondary N) is 1. The molecule has 0 aromatic carbocycles. The lowest BCUT2D eigenvalue weighted by Crippen LogP contribution is -2.56. The Morgan fingerprint density at radius 2 is 2.00 bits per heavy atom. The second-order valence-electron chi connectivity index (χ2n) is 5.61. The number of aliphatic carboxylic acids is 1. The van der Waals surface area contributed by atoms with Crippen LogP contribution in [0.2, 0.25) is 0 Å². The number of rotatable bonds is 8. The molecule has 0 radical (unpaired) electrons. The molecular weight excluding hydrogens is 270 g/mol. The van der Waals surface area contributed by atoms with Crippen LogP contribution in [-0.2, 0) is 4.79 Å². The van der Waals surface area contributed by atoms with Crippen LogP contribution in [-0.4, -0.2) is 65.2 Å². The van der Waals surface area contributed by atoms with Crippen LogP contribution in [0.15, 0.2) is 0 Å². The zero-order valence-electron chi connectivity index (χ0n) is 13.5. The van der Waals surface area contributed by atoms with Gasteiger partial charge in [-0.15, -0.1) is 0 Å². The fourth-order valence-electron chi connectivity index (χ4n) is 3.08. The first-order valence-electron chi connectivity index (χ1n) is 8.03. The lowest BCUT2D eigenvalue weighted by atomic mass is 9.93. The van der Waals surface area contributed by atoms with Crippen LogP contribution in [0, 0.1) is 0 Å². The number of likely N-dealkylation sites (N-methyl/N-ethyl adjacent to an activating group) is 1. The summed E-state index contributed by atoms with van der Waals surface area (Å²) in [5.74, 6) is -0.890. The zero-order chi connectivity index (χ0) is 15.9. The highest BCUT2D eigenvalue weighted by Gasteiger charge is 2.48. The predicted octanol–water partition coefficient (Wildman–Crippen LogP) is 1.76. The number of hydrogen-bond donors (Lipinski definition) is 2. The first-order valence-corrected chi connectivity index (χ1v) is 8.03. The van der Waals surface area contributed by atoms with Crippen molar-refractivity contribution in [3.05, 3.63) is 0 Å². The molecule has 0 aromatic heterocycles. The Labute approximate surface area is 127 Å². The van der Waals surface area contributed by atoms with Crippen molar-refractivity contribution >= 4 is 12.0 Å². The number of nitrogens with zero attached hydrogens (tertiary/aromatic N) is 2. The van der Waals surface area contributed by atoms with E-state index in [9.17, 15) is 14.7 Å². The Morgan fingerprint density at radius 3 is 2.52 bits per heavy atom. The number of carbonyl (C=O) groups is 2. The minimum absolute atomic E-state index is 0.246. The fraction of sp³-hybridized carbons (Fsp3) is 0.867. The predicted molar refractivity (Wildman–Crippen MR) is 82.4 cm³/mol. The van der Waals surface area contributed by atoms with E-state index >= 15 is 0 Å². The highest BCUT2D eigenvalue weighted by molar-refractivity contribution is 5.87. The molecule has 0 aliphatic carbocycles. The van der Waals surface area contributed by atoms with E-state index in [2.05, 4.69) is 24.1 Å². The van der Waals surface area contributed by atoms with Gasteiger partial charge >= 0.3 is 12.0 Å². The van der Waals surface area contributed by atoms with Crippen molar-refractivity contribution < 1.29 is 14.7 Å². The first-order chi connectivity index (χ1) is 10.0. The van der Waals surface area contributed by atoms with Gasteiger partial charge in [0, 0.05) is 19.6 Å². The van der Waals surface area contributed by atoms with E-state index in [4.69, 9.17) is 0 Å². The molecule has 1 heterocycles. The van der Waals surface area contributed by atoms with Crippen LogP contribution in [0.1, 0.15) is 46.5 Å². The second-order valence-corrected chi connectivity index (χ2v) is 5.61. The number of carbonyl (C=O) groups excluding carboxylic acids is 1. The molecule has 0 bridgehead atoms. The maximum atomic E-state index is 12.3. The summed E-state index contributed by atoms with van der Waals surface area (Å²) in [6.07, 6.45) is 2.84. The Bertz CT molecular complexity index is 362. The molecule has 1 rings (SSSR count). The largest absolute Gasteiger partial charge is 0.479 e. The standard InChI is InChI=1S/C15H29N3O3/c1-4-10-17(6-3)12-9-16-14(21)18-11-7-8-15(18,5-2)13(19)20/h4-12H2,1-3H3,(H,16,21)(H,19,20). The molecule has 0 saturated carbocycles. The molecule has 2 amide bonds. The van der Waals surface area contributed by atoms with E-state index in [0.29, 0.717) is 25.9 Å². The molecule has 1 saturated heterocycles. The van der Waals surface area contributed by atoms with Crippen LogP contribution in [0.3, 0.4) is 0 Å². The van der Waals surface area contributed by atoms with Crippen molar-refractivity contribution in [1.82, 2.24) is 15.1 Å². The third-order valence-electron chi connectivity index (χ3n) is 4.41. The van der Waals surface area contributed by atoms with Gasteiger partial charge in [0.15, 0.2) is 0 Å². The van der Waals surface area contributed by atoms with Crippen LogP contribution < -0.4 is 5.32 Å². The van der Waals surface area contributed by atoms with Crippen molar-refractivity contribution in [2.75, 3.05) is 32.7 Å². The molecular formula is C15H29N3O3. The first kappa shape index (κ1) is 17.8. The summed E-state index contributed by atoms with van der Waals surface area (Å²) >= 11 is 0. The number of carboxylic acid groups (broad SMARTS) is 1. The zero-order valence-corrected chi connectivity index (χ0v) is 13.5. The monoisotopic (exact) mass is 299 g/mol. The van der Waals surface area contributed by atoms with E-state index in [1.807, 2.05) is 6.92 Å². The van der Waals surface area contributed by atoms with Crippen LogP contribution >= 0.6 is 0 Å². The molecule has 0 aromatic rings. The third-order valence-corrected chi connectivity index (χ3v) is 4.41. The van der Waals surface area contributed by atoms with E-state index in [0.717, 1.165) is 32.5 Å². The number of urea groups is 1. The summed E-state index contributed by atoms with van der Waals surface area (Å²) in [6.45, 7) is 9.93. The van der Waals surface area contributed by atoms with Gasteiger partial charge in [0.2, 0.25) is 0 Å². The molecule has 1 unspecified atom stereocenters. The molecule has 6 nitrogen and oxygen atoms in total. The summed E-state index contributed by atoms with van der Waals surface area (Å²) < 4.78 is 0. The van der Waals surface area contributed by atoms with E-state index in [-0.39, 0.29) is 6.03 Å². The van der Waals surface area contributed by atoms with Gasteiger partial charge in [0.25, 0.3) is 0 Å². The Hall–Kier alpha value is -1.30. The minimum atomic E-state index is -1.02. The molecule has 1 aliphatic heterocycles. The molecule has 122 valence electrons. The second kappa shape index (κ2) is 8.22. The molecule has 1 atom stereocenters. The molecule has 6 heteroatoms. The van der Waals surface area contributed by atoms with Gasteiger partial charge in [-0.3, -0.25) is 0 Å². The average Bonchev–Trinajstić information content (AvgIpc) is 2.91. The highest BCUT2D eigenvalue weighted by atomic mass is 16.4. The Morgan fingerprint density at radius 1 is 1.29 bits per heavy atom. The third kappa shape index (κ3) is 4.09. The topological polar surface area (TPSA) is 72.9 Å². The fourth-order valence-corrected chi connectivity index (χ4v) is 3.08. The number of likely N-dealkylation sites (tertiary alicyclic amines) is 1. The molecule has 21 heavy (non-hydrogen) atoms. The van der Waals surface area contributed by atoms with Crippen molar-refractivity contribution in [2.24, 2.45) is 0 Å². The summed E-state index contributed by atoms with van der Waals surface area (Å²) in [5.41, 5.74) is -1.02. The lowest BCUT2D eigenvalue weighted by Gasteiger charge is -2.34. The highest BCUT2D eigenvalue weighted by Crippen LogP contribution is 2.32. The SMILES string of the molecule is CCCN(CC)CCNC(=O)N1CCCC1(CC)C(=O)O. The summed E-state index contributed by atoms with van der Waals surface area (Å²) in [4.78, 5) is 27.6. The lowest BCUT2D eigenvalue weighted by molar-refractivity contribution is -0.148. The Kier molecular flexibility index (Phi) is 6.95. The van der Waals surface area contributed by atoms with Crippen molar-refractivity contribution in [3.63, 3.8) is 0 Å². The van der Waals surface area contributed by atoms with Gasteiger partial charge in [0.1, 0.15) is 5.54 Å². The molecule has 2 N–H and O–H groups in total. The normalized spacial score (nSPS) is 21.8. The van der Waals surface area contributed by atoms with Gasteiger partial charge in [0.05, 0.1) is 0 Å². The van der Waals surface area contributed by atoms with Crippen molar-refractivity contribution in [3.8, 4) is 0 Å². The van der Waals surface area contributed by atoms with E-state index in [1.165, 1.54) is 4.90 Å². The quantitative estimate of drug-likeness (QED) is 0.716. The van der Waals surface area contributed by atoms with Crippen molar-refractivity contribution in [1.29, 1.82) is 0 Å². The van der Waals surface area contributed by atoms with Gasteiger partial charge in [-0.05, 0) is 38.8 Å².